The molecule has 0 spiro atoms. The summed E-state index contributed by atoms with van der Waals surface area (Å²) < 4.78 is 0. The molecular weight excluding hydrogens is 230 g/mol. The monoisotopic (exact) mass is 249 g/mol. The number of rotatable bonds is 4. The fourth-order valence-corrected chi connectivity index (χ4v) is 2.29. The summed E-state index contributed by atoms with van der Waals surface area (Å²) in [5, 5.41) is 12.9. The number of hydrogen-bond acceptors (Lipinski definition) is 4. The van der Waals surface area contributed by atoms with Crippen molar-refractivity contribution in [3.05, 3.63) is 29.6 Å². The molecule has 1 amide bonds. The van der Waals surface area contributed by atoms with E-state index in [-0.39, 0.29) is 5.91 Å². The van der Waals surface area contributed by atoms with Crippen LogP contribution in [0.5, 0.6) is 0 Å². The summed E-state index contributed by atoms with van der Waals surface area (Å²) in [5.41, 5.74) is 5.97. The van der Waals surface area contributed by atoms with Crippen molar-refractivity contribution >= 4 is 5.91 Å². The van der Waals surface area contributed by atoms with E-state index in [9.17, 15) is 9.90 Å². The van der Waals surface area contributed by atoms with Crippen LogP contribution in [0.4, 0.5) is 0 Å². The number of pyridine rings is 1. The van der Waals surface area contributed by atoms with Crippen molar-refractivity contribution in [3.63, 3.8) is 0 Å². The number of amides is 1. The zero-order valence-electron chi connectivity index (χ0n) is 10.4. The smallest absolute Gasteiger partial charge is 0.251 e. The standard InChI is InChI=1S/C13H19N3O2/c14-8-11-7-10(3-6-15-11)12(17)16-9-13(18)4-1-2-5-13/h3,6-7,18H,1-2,4-5,8-9,14H2,(H,16,17). The second-order valence-electron chi connectivity index (χ2n) is 4.85. The van der Waals surface area contributed by atoms with E-state index in [0.717, 1.165) is 25.7 Å². The van der Waals surface area contributed by atoms with Gasteiger partial charge in [-0.25, -0.2) is 0 Å². The van der Waals surface area contributed by atoms with Crippen molar-refractivity contribution in [1.82, 2.24) is 10.3 Å². The van der Waals surface area contributed by atoms with Crippen LogP contribution in [0.2, 0.25) is 0 Å². The first-order valence-corrected chi connectivity index (χ1v) is 6.28. The predicted molar refractivity (Wildman–Crippen MR) is 67.9 cm³/mol. The van der Waals surface area contributed by atoms with Gasteiger partial charge in [-0.05, 0) is 25.0 Å². The van der Waals surface area contributed by atoms with E-state index < -0.39 is 5.60 Å². The number of nitrogens with one attached hydrogen (secondary N) is 1. The molecule has 5 heteroatoms. The molecule has 1 aliphatic rings. The van der Waals surface area contributed by atoms with Crippen LogP contribution < -0.4 is 11.1 Å². The Labute approximate surface area is 106 Å². The maximum Gasteiger partial charge on any atom is 0.251 e. The summed E-state index contributed by atoms with van der Waals surface area (Å²) in [6.07, 6.45) is 5.15. The first-order chi connectivity index (χ1) is 8.63. The molecule has 2 rings (SSSR count). The van der Waals surface area contributed by atoms with Gasteiger partial charge in [0.25, 0.3) is 5.91 Å². The molecule has 98 valence electrons. The first kappa shape index (κ1) is 13.0. The molecule has 1 fully saturated rings. The Morgan fingerprint density at radius 1 is 1.50 bits per heavy atom. The molecule has 4 N–H and O–H groups in total. The molecule has 0 aliphatic heterocycles. The number of carbonyl (C=O) groups excluding carboxylic acids is 1. The van der Waals surface area contributed by atoms with Crippen molar-refractivity contribution in [2.24, 2.45) is 5.73 Å². The maximum absolute atomic E-state index is 11.9. The van der Waals surface area contributed by atoms with Crippen LogP contribution in [-0.4, -0.2) is 28.1 Å². The highest BCUT2D eigenvalue weighted by molar-refractivity contribution is 5.94. The van der Waals surface area contributed by atoms with Gasteiger partial charge in [-0.1, -0.05) is 12.8 Å². The molecule has 0 radical (unpaired) electrons. The lowest BCUT2D eigenvalue weighted by molar-refractivity contribution is 0.0449. The second kappa shape index (κ2) is 5.46. The minimum atomic E-state index is -0.723. The van der Waals surface area contributed by atoms with Gasteiger partial charge in [-0.15, -0.1) is 0 Å². The van der Waals surface area contributed by atoms with Crippen LogP contribution in [0.3, 0.4) is 0 Å². The predicted octanol–water partition coefficient (Wildman–Crippen LogP) is 0.575. The zero-order valence-corrected chi connectivity index (χ0v) is 10.4. The molecule has 18 heavy (non-hydrogen) atoms. The van der Waals surface area contributed by atoms with Crippen LogP contribution in [0.25, 0.3) is 0 Å². The summed E-state index contributed by atoms with van der Waals surface area (Å²) in [5.74, 6) is -0.188. The van der Waals surface area contributed by atoms with E-state index in [2.05, 4.69) is 10.3 Å². The number of nitrogens with zero attached hydrogens (tertiary/aromatic N) is 1. The van der Waals surface area contributed by atoms with Crippen molar-refractivity contribution < 1.29 is 9.90 Å². The SMILES string of the molecule is NCc1cc(C(=O)NCC2(O)CCCC2)ccn1. The van der Waals surface area contributed by atoms with E-state index >= 15 is 0 Å². The molecule has 0 saturated heterocycles. The summed E-state index contributed by atoms with van der Waals surface area (Å²) in [6.45, 7) is 0.622. The third kappa shape index (κ3) is 3.05. The quantitative estimate of drug-likeness (QED) is 0.728. The van der Waals surface area contributed by atoms with Gasteiger partial charge in [0, 0.05) is 24.8 Å². The van der Waals surface area contributed by atoms with Gasteiger partial charge in [0.05, 0.1) is 11.3 Å². The fourth-order valence-electron chi connectivity index (χ4n) is 2.29. The molecule has 0 bridgehead atoms. The number of aromatic nitrogens is 1. The lowest BCUT2D eigenvalue weighted by atomic mass is 10.0. The normalized spacial score (nSPS) is 17.7. The van der Waals surface area contributed by atoms with Gasteiger partial charge in [0.1, 0.15) is 0 Å². The minimum absolute atomic E-state index is 0.188. The summed E-state index contributed by atoms with van der Waals surface area (Å²) in [6, 6.07) is 3.32. The Balaban J connectivity index is 1.94. The van der Waals surface area contributed by atoms with Gasteiger partial charge in [0.2, 0.25) is 0 Å². The molecule has 0 atom stereocenters. The molecule has 1 heterocycles. The highest BCUT2D eigenvalue weighted by atomic mass is 16.3. The highest BCUT2D eigenvalue weighted by Gasteiger charge is 2.31. The van der Waals surface area contributed by atoms with Gasteiger partial charge >= 0.3 is 0 Å². The Hall–Kier alpha value is -1.46. The molecule has 1 aromatic rings. The molecule has 1 saturated carbocycles. The van der Waals surface area contributed by atoms with Gasteiger partial charge in [-0.2, -0.15) is 0 Å². The van der Waals surface area contributed by atoms with Crippen molar-refractivity contribution in [2.75, 3.05) is 6.54 Å². The first-order valence-electron chi connectivity index (χ1n) is 6.28. The average molecular weight is 249 g/mol. The van der Waals surface area contributed by atoms with E-state index in [4.69, 9.17) is 5.73 Å². The largest absolute Gasteiger partial charge is 0.388 e. The summed E-state index contributed by atoms with van der Waals surface area (Å²) in [7, 11) is 0. The van der Waals surface area contributed by atoms with Crippen molar-refractivity contribution in [2.45, 2.75) is 37.8 Å². The summed E-state index contributed by atoms with van der Waals surface area (Å²) >= 11 is 0. The number of nitrogens with two attached hydrogens (primary N) is 1. The third-order valence-electron chi connectivity index (χ3n) is 3.40. The number of aliphatic hydroxyl groups is 1. The average Bonchev–Trinajstić information content (AvgIpc) is 2.83. The van der Waals surface area contributed by atoms with Gasteiger partial charge < -0.3 is 16.2 Å². The second-order valence-corrected chi connectivity index (χ2v) is 4.85. The summed E-state index contributed by atoms with van der Waals surface area (Å²) in [4.78, 5) is 16.0. The zero-order chi connectivity index (χ0) is 13.0. The van der Waals surface area contributed by atoms with Crippen LogP contribution in [0, 0.1) is 0 Å². The van der Waals surface area contributed by atoms with E-state index in [1.54, 1.807) is 18.3 Å². The van der Waals surface area contributed by atoms with Crippen LogP contribution in [0.15, 0.2) is 18.3 Å². The molecule has 1 aliphatic carbocycles. The van der Waals surface area contributed by atoms with E-state index in [1.807, 2.05) is 0 Å². The molecular formula is C13H19N3O2. The fraction of sp³-hybridized carbons (Fsp3) is 0.538. The molecule has 5 nitrogen and oxygen atoms in total. The Kier molecular flexibility index (Phi) is 3.93. The van der Waals surface area contributed by atoms with Gasteiger partial charge in [0.15, 0.2) is 0 Å². The number of carbonyl (C=O) groups is 1. The van der Waals surface area contributed by atoms with Crippen LogP contribution in [-0.2, 0) is 6.54 Å². The van der Waals surface area contributed by atoms with E-state index in [1.165, 1.54) is 0 Å². The maximum atomic E-state index is 11.9. The third-order valence-corrected chi connectivity index (χ3v) is 3.40. The lowest BCUT2D eigenvalue weighted by Crippen LogP contribution is -2.40. The molecule has 0 aromatic carbocycles. The van der Waals surface area contributed by atoms with Gasteiger partial charge in [-0.3, -0.25) is 9.78 Å². The Morgan fingerprint density at radius 3 is 2.89 bits per heavy atom. The Bertz CT molecular complexity index is 428. The Morgan fingerprint density at radius 2 is 2.22 bits per heavy atom. The molecule has 0 unspecified atom stereocenters. The van der Waals surface area contributed by atoms with Crippen molar-refractivity contribution in [1.29, 1.82) is 0 Å². The molecule has 1 aromatic heterocycles. The van der Waals surface area contributed by atoms with Crippen LogP contribution >= 0.6 is 0 Å². The lowest BCUT2D eigenvalue weighted by Gasteiger charge is -2.22. The van der Waals surface area contributed by atoms with Crippen molar-refractivity contribution in [3.8, 4) is 0 Å². The highest BCUT2D eigenvalue weighted by Crippen LogP contribution is 2.28. The van der Waals surface area contributed by atoms with Crippen LogP contribution in [0.1, 0.15) is 41.7 Å². The topological polar surface area (TPSA) is 88.2 Å². The minimum Gasteiger partial charge on any atom is -0.388 e. The number of hydrogen-bond donors (Lipinski definition) is 3. The van der Waals surface area contributed by atoms with E-state index in [0.29, 0.717) is 24.3 Å².